The summed E-state index contributed by atoms with van der Waals surface area (Å²) < 4.78 is 5.22. The highest BCUT2D eigenvalue weighted by molar-refractivity contribution is 9.10. The van der Waals surface area contributed by atoms with Crippen LogP contribution in [-0.2, 0) is 16.0 Å². The third-order valence-corrected chi connectivity index (χ3v) is 2.32. The number of pyridine rings is 1. The zero-order valence-corrected chi connectivity index (χ0v) is 9.22. The molecule has 1 aromatic rings. The molecule has 1 heterocycles. The number of rotatable bonds is 2. The minimum Gasteiger partial charge on any atom is -0.469 e. The van der Waals surface area contributed by atoms with Crippen LogP contribution < -0.4 is 0 Å². The Kier molecular flexibility index (Phi) is 3.69. The highest BCUT2D eigenvalue weighted by Gasteiger charge is 2.08. The molecular formula is C8H7BrClNO2. The van der Waals surface area contributed by atoms with Gasteiger partial charge in [-0.3, -0.25) is 9.78 Å². The molecule has 0 fully saturated rings. The Labute approximate surface area is 89.2 Å². The van der Waals surface area contributed by atoms with Gasteiger partial charge in [-0.1, -0.05) is 11.6 Å². The molecular weight excluding hydrogens is 257 g/mol. The Hall–Kier alpha value is -0.610. The number of esters is 1. The van der Waals surface area contributed by atoms with Gasteiger partial charge >= 0.3 is 5.97 Å². The van der Waals surface area contributed by atoms with Crippen molar-refractivity contribution in [3.05, 3.63) is 27.5 Å². The zero-order valence-electron chi connectivity index (χ0n) is 6.88. The molecule has 0 saturated carbocycles. The first kappa shape index (κ1) is 10.5. The van der Waals surface area contributed by atoms with E-state index in [0.29, 0.717) is 15.2 Å². The van der Waals surface area contributed by atoms with Gasteiger partial charge in [0.2, 0.25) is 0 Å². The predicted molar refractivity (Wildman–Crippen MR) is 52.7 cm³/mol. The van der Waals surface area contributed by atoms with Crippen LogP contribution in [0.2, 0.25) is 5.02 Å². The summed E-state index contributed by atoms with van der Waals surface area (Å²) in [6, 6.07) is 1.69. The first-order valence-corrected chi connectivity index (χ1v) is 4.67. The lowest BCUT2D eigenvalue weighted by Crippen LogP contribution is -2.06. The van der Waals surface area contributed by atoms with Crippen LogP contribution in [-0.4, -0.2) is 18.1 Å². The van der Waals surface area contributed by atoms with Crippen molar-refractivity contribution in [3.8, 4) is 0 Å². The van der Waals surface area contributed by atoms with E-state index < -0.39 is 0 Å². The smallest absolute Gasteiger partial charge is 0.311 e. The molecule has 3 nitrogen and oxygen atoms in total. The van der Waals surface area contributed by atoms with Crippen molar-refractivity contribution in [2.45, 2.75) is 6.42 Å². The SMILES string of the molecule is COC(=O)Cc1ncc(Cl)cc1Br. The molecule has 70 valence electrons. The maximum atomic E-state index is 10.9. The Morgan fingerprint density at radius 3 is 3.00 bits per heavy atom. The average Bonchev–Trinajstić information content (AvgIpc) is 2.09. The van der Waals surface area contributed by atoms with Gasteiger partial charge in [-0.2, -0.15) is 0 Å². The minimum absolute atomic E-state index is 0.147. The summed E-state index contributed by atoms with van der Waals surface area (Å²) in [5.74, 6) is -0.324. The average molecular weight is 265 g/mol. The molecule has 0 aromatic carbocycles. The maximum Gasteiger partial charge on any atom is 0.311 e. The van der Waals surface area contributed by atoms with E-state index in [1.165, 1.54) is 13.3 Å². The highest BCUT2D eigenvalue weighted by Crippen LogP contribution is 2.19. The standard InChI is InChI=1S/C8H7BrClNO2/c1-13-8(12)3-7-6(9)2-5(10)4-11-7/h2,4H,3H2,1H3. The van der Waals surface area contributed by atoms with Crippen molar-refractivity contribution in [3.63, 3.8) is 0 Å². The third-order valence-electron chi connectivity index (χ3n) is 1.42. The molecule has 0 spiro atoms. The Balaban J connectivity index is 2.83. The van der Waals surface area contributed by atoms with Crippen LogP contribution in [0.1, 0.15) is 5.69 Å². The van der Waals surface area contributed by atoms with Crippen LogP contribution in [0.25, 0.3) is 0 Å². The van der Waals surface area contributed by atoms with Crippen LogP contribution in [0.5, 0.6) is 0 Å². The number of carbonyl (C=O) groups is 1. The molecule has 0 radical (unpaired) electrons. The first-order chi connectivity index (χ1) is 6.13. The van der Waals surface area contributed by atoms with Crippen molar-refractivity contribution in [2.24, 2.45) is 0 Å². The van der Waals surface area contributed by atoms with Crippen molar-refractivity contribution in [1.29, 1.82) is 0 Å². The molecule has 0 saturated heterocycles. The quantitative estimate of drug-likeness (QED) is 0.769. The number of ether oxygens (including phenoxy) is 1. The second-order valence-electron chi connectivity index (χ2n) is 2.33. The summed E-state index contributed by atoms with van der Waals surface area (Å²) in [4.78, 5) is 14.9. The number of hydrogen-bond acceptors (Lipinski definition) is 3. The molecule has 0 atom stereocenters. The second kappa shape index (κ2) is 4.58. The predicted octanol–water partition coefficient (Wildman–Crippen LogP) is 2.21. The lowest BCUT2D eigenvalue weighted by atomic mass is 10.3. The van der Waals surface area contributed by atoms with Gasteiger partial charge in [-0.25, -0.2) is 0 Å². The van der Waals surface area contributed by atoms with Gasteiger partial charge < -0.3 is 4.74 Å². The molecule has 0 aliphatic carbocycles. The molecule has 1 aromatic heterocycles. The van der Waals surface area contributed by atoms with E-state index in [0.717, 1.165) is 0 Å². The normalized spacial score (nSPS) is 9.77. The first-order valence-electron chi connectivity index (χ1n) is 3.50. The molecule has 13 heavy (non-hydrogen) atoms. The van der Waals surface area contributed by atoms with E-state index in [1.54, 1.807) is 6.07 Å². The monoisotopic (exact) mass is 263 g/mol. The van der Waals surface area contributed by atoms with Gasteiger partial charge in [-0.05, 0) is 22.0 Å². The largest absolute Gasteiger partial charge is 0.469 e. The van der Waals surface area contributed by atoms with Crippen LogP contribution in [0.4, 0.5) is 0 Å². The lowest BCUT2D eigenvalue weighted by Gasteiger charge is -2.01. The number of aromatic nitrogens is 1. The van der Waals surface area contributed by atoms with Crippen molar-refractivity contribution >= 4 is 33.5 Å². The van der Waals surface area contributed by atoms with E-state index in [1.807, 2.05) is 0 Å². The fraction of sp³-hybridized carbons (Fsp3) is 0.250. The fourth-order valence-corrected chi connectivity index (χ4v) is 1.56. The van der Waals surface area contributed by atoms with Gasteiger partial charge in [0.05, 0.1) is 24.2 Å². The lowest BCUT2D eigenvalue weighted by molar-refractivity contribution is -0.139. The molecule has 5 heteroatoms. The summed E-state index contributed by atoms with van der Waals surface area (Å²) in [6.07, 6.45) is 1.64. The third kappa shape index (κ3) is 2.97. The van der Waals surface area contributed by atoms with Crippen LogP contribution in [0.3, 0.4) is 0 Å². The molecule has 0 aliphatic rings. The molecule has 0 aliphatic heterocycles. The number of halogens is 2. The van der Waals surface area contributed by atoms with Crippen molar-refractivity contribution in [2.75, 3.05) is 7.11 Å². The Morgan fingerprint density at radius 1 is 1.77 bits per heavy atom. The number of hydrogen-bond donors (Lipinski definition) is 0. The molecule has 1 rings (SSSR count). The number of nitrogens with zero attached hydrogens (tertiary/aromatic N) is 1. The van der Waals surface area contributed by atoms with Gasteiger partial charge in [0, 0.05) is 10.7 Å². The van der Waals surface area contributed by atoms with Gasteiger partial charge in [0.1, 0.15) is 0 Å². The second-order valence-corrected chi connectivity index (χ2v) is 3.63. The summed E-state index contributed by atoms with van der Waals surface area (Å²) in [5, 5.41) is 0.528. The van der Waals surface area contributed by atoms with E-state index in [2.05, 4.69) is 25.7 Å². The topological polar surface area (TPSA) is 39.2 Å². The number of carbonyl (C=O) groups excluding carboxylic acids is 1. The van der Waals surface area contributed by atoms with Crippen molar-refractivity contribution in [1.82, 2.24) is 4.98 Å². The fourth-order valence-electron chi connectivity index (χ4n) is 0.782. The summed E-state index contributed by atoms with van der Waals surface area (Å²) in [7, 11) is 1.34. The summed E-state index contributed by atoms with van der Waals surface area (Å²) >= 11 is 8.93. The van der Waals surface area contributed by atoms with Gasteiger partial charge in [0.15, 0.2) is 0 Å². The maximum absolute atomic E-state index is 10.9. The molecule has 0 N–H and O–H groups in total. The van der Waals surface area contributed by atoms with E-state index >= 15 is 0 Å². The zero-order chi connectivity index (χ0) is 9.84. The highest BCUT2D eigenvalue weighted by atomic mass is 79.9. The van der Waals surface area contributed by atoms with E-state index in [4.69, 9.17) is 11.6 Å². The number of methoxy groups -OCH3 is 1. The molecule has 0 bridgehead atoms. The van der Waals surface area contributed by atoms with Crippen molar-refractivity contribution < 1.29 is 9.53 Å². The Bertz CT molecular complexity index is 330. The van der Waals surface area contributed by atoms with Crippen LogP contribution in [0.15, 0.2) is 16.7 Å². The Morgan fingerprint density at radius 2 is 2.46 bits per heavy atom. The summed E-state index contributed by atoms with van der Waals surface area (Å²) in [6.45, 7) is 0. The van der Waals surface area contributed by atoms with Crippen LogP contribution >= 0.6 is 27.5 Å². The van der Waals surface area contributed by atoms with Crippen LogP contribution in [0, 0.1) is 0 Å². The van der Waals surface area contributed by atoms with Gasteiger partial charge in [0.25, 0.3) is 0 Å². The molecule has 0 amide bonds. The molecule has 0 unspecified atom stereocenters. The van der Waals surface area contributed by atoms with E-state index in [-0.39, 0.29) is 12.4 Å². The summed E-state index contributed by atoms with van der Waals surface area (Å²) in [5.41, 5.74) is 0.622. The van der Waals surface area contributed by atoms with Gasteiger partial charge in [-0.15, -0.1) is 0 Å². The minimum atomic E-state index is -0.324. The van der Waals surface area contributed by atoms with E-state index in [9.17, 15) is 4.79 Å².